The molecule has 142 valence electrons. The van der Waals surface area contributed by atoms with E-state index in [1.54, 1.807) is 0 Å². The monoisotopic (exact) mass is 355 g/mol. The number of hydrogen-bond acceptors (Lipinski definition) is 2. The fourth-order valence-corrected chi connectivity index (χ4v) is 2.91. The van der Waals surface area contributed by atoms with Crippen molar-refractivity contribution >= 4 is 5.96 Å². The number of hydrogen-bond donors (Lipinski definition) is 2. The van der Waals surface area contributed by atoms with Crippen molar-refractivity contribution in [1.29, 1.82) is 0 Å². The first-order valence-corrected chi connectivity index (χ1v) is 9.58. The summed E-state index contributed by atoms with van der Waals surface area (Å²) in [5.41, 5.74) is 6.18. The summed E-state index contributed by atoms with van der Waals surface area (Å²) in [6, 6.07) is 8.56. The molecular formula is C21H33N5. The number of aliphatic imine (C=N–C) groups is 1. The molecule has 0 unspecified atom stereocenters. The van der Waals surface area contributed by atoms with Crippen molar-refractivity contribution in [2.24, 2.45) is 12.0 Å². The topological polar surface area (TPSA) is 54.2 Å². The van der Waals surface area contributed by atoms with Crippen LogP contribution in [0.1, 0.15) is 47.8 Å². The molecule has 0 fully saturated rings. The summed E-state index contributed by atoms with van der Waals surface area (Å²) in [6.07, 6.45) is 3.27. The highest BCUT2D eigenvalue weighted by molar-refractivity contribution is 5.79. The molecule has 5 heteroatoms. The van der Waals surface area contributed by atoms with Crippen molar-refractivity contribution < 1.29 is 0 Å². The number of rotatable bonds is 8. The normalized spacial score (nSPS) is 11.7. The number of nitrogens with one attached hydrogen (secondary N) is 2. The molecule has 0 aliphatic rings. The van der Waals surface area contributed by atoms with Crippen LogP contribution in [0.2, 0.25) is 0 Å². The number of unbranched alkanes of at least 4 members (excludes halogenated alkanes) is 1. The average molecular weight is 356 g/mol. The van der Waals surface area contributed by atoms with Gasteiger partial charge in [-0.05, 0) is 44.7 Å². The van der Waals surface area contributed by atoms with Crippen LogP contribution in [0.25, 0.3) is 0 Å². The van der Waals surface area contributed by atoms with Crippen LogP contribution in [-0.2, 0) is 20.0 Å². The Bertz CT molecular complexity index is 713. The van der Waals surface area contributed by atoms with E-state index in [-0.39, 0.29) is 0 Å². The number of aryl methyl sites for hydroxylation is 3. The lowest BCUT2D eigenvalue weighted by Crippen LogP contribution is -2.39. The van der Waals surface area contributed by atoms with E-state index in [1.165, 1.54) is 28.8 Å². The Morgan fingerprint density at radius 2 is 1.77 bits per heavy atom. The van der Waals surface area contributed by atoms with E-state index in [0.717, 1.165) is 37.6 Å². The Labute approximate surface area is 157 Å². The number of benzene rings is 1. The van der Waals surface area contributed by atoms with E-state index in [9.17, 15) is 0 Å². The maximum absolute atomic E-state index is 4.75. The van der Waals surface area contributed by atoms with Gasteiger partial charge in [0, 0.05) is 25.8 Å². The van der Waals surface area contributed by atoms with Gasteiger partial charge in [-0.1, -0.05) is 43.2 Å². The smallest absolute Gasteiger partial charge is 0.191 e. The number of aromatic nitrogens is 2. The van der Waals surface area contributed by atoms with E-state index in [4.69, 9.17) is 4.99 Å². The van der Waals surface area contributed by atoms with Crippen LogP contribution >= 0.6 is 0 Å². The van der Waals surface area contributed by atoms with E-state index < -0.39 is 0 Å². The average Bonchev–Trinajstić information content (AvgIpc) is 2.86. The first kappa shape index (κ1) is 20.0. The minimum Gasteiger partial charge on any atom is -0.356 e. The summed E-state index contributed by atoms with van der Waals surface area (Å²) in [6.45, 7) is 11.0. The fourth-order valence-electron chi connectivity index (χ4n) is 2.91. The molecule has 0 saturated heterocycles. The van der Waals surface area contributed by atoms with Gasteiger partial charge in [0.1, 0.15) is 0 Å². The molecule has 1 aromatic carbocycles. The Morgan fingerprint density at radius 3 is 2.38 bits per heavy atom. The highest BCUT2D eigenvalue weighted by Gasteiger charge is 2.09. The lowest BCUT2D eigenvalue weighted by Gasteiger charge is -2.13. The van der Waals surface area contributed by atoms with Crippen LogP contribution in [0.4, 0.5) is 0 Å². The minimum atomic E-state index is 0.687. The van der Waals surface area contributed by atoms with Gasteiger partial charge in [-0.25, -0.2) is 4.99 Å². The Balaban J connectivity index is 1.94. The third-order valence-electron chi connectivity index (χ3n) is 4.69. The fraction of sp³-hybridized carbons (Fsp3) is 0.524. The highest BCUT2D eigenvalue weighted by Crippen LogP contribution is 2.11. The van der Waals surface area contributed by atoms with Crippen LogP contribution in [0.3, 0.4) is 0 Å². The van der Waals surface area contributed by atoms with Crippen LogP contribution in [-0.4, -0.2) is 28.8 Å². The second-order valence-corrected chi connectivity index (χ2v) is 6.88. The van der Waals surface area contributed by atoms with Gasteiger partial charge in [-0.15, -0.1) is 0 Å². The van der Waals surface area contributed by atoms with Crippen molar-refractivity contribution in [2.75, 3.05) is 13.1 Å². The van der Waals surface area contributed by atoms with Gasteiger partial charge in [-0.3, -0.25) is 4.68 Å². The molecule has 0 radical (unpaired) electrons. The minimum absolute atomic E-state index is 0.687. The lowest BCUT2D eigenvalue weighted by molar-refractivity contribution is 0.719. The molecule has 2 N–H and O–H groups in total. The molecule has 0 aliphatic heterocycles. The zero-order valence-electron chi connectivity index (χ0n) is 16.9. The SMILES string of the molecule is CCCCNC(=NCc1ccc(C)cc1)NCCc1c(C)nn(C)c1C. The number of nitrogens with zero attached hydrogens (tertiary/aromatic N) is 3. The van der Waals surface area contributed by atoms with Gasteiger partial charge in [0.2, 0.25) is 0 Å². The molecule has 5 nitrogen and oxygen atoms in total. The Kier molecular flexibility index (Phi) is 7.70. The molecule has 1 heterocycles. The molecule has 0 spiro atoms. The molecule has 0 bridgehead atoms. The summed E-state index contributed by atoms with van der Waals surface area (Å²) >= 11 is 0. The zero-order valence-corrected chi connectivity index (χ0v) is 16.9. The molecule has 0 aliphatic carbocycles. The maximum atomic E-state index is 4.75. The van der Waals surface area contributed by atoms with Gasteiger partial charge >= 0.3 is 0 Å². The van der Waals surface area contributed by atoms with Gasteiger partial charge in [-0.2, -0.15) is 5.10 Å². The number of guanidine groups is 1. The van der Waals surface area contributed by atoms with Crippen molar-refractivity contribution in [3.05, 3.63) is 52.3 Å². The van der Waals surface area contributed by atoms with Gasteiger partial charge in [0.05, 0.1) is 12.2 Å². The van der Waals surface area contributed by atoms with E-state index in [1.807, 2.05) is 11.7 Å². The quantitative estimate of drug-likeness (QED) is 0.433. The first-order valence-electron chi connectivity index (χ1n) is 9.58. The second-order valence-electron chi connectivity index (χ2n) is 6.88. The van der Waals surface area contributed by atoms with Crippen LogP contribution in [0.5, 0.6) is 0 Å². The molecule has 2 aromatic rings. The Morgan fingerprint density at radius 1 is 1.08 bits per heavy atom. The van der Waals surface area contributed by atoms with E-state index >= 15 is 0 Å². The van der Waals surface area contributed by atoms with Crippen molar-refractivity contribution in [3.8, 4) is 0 Å². The molecule has 1 aromatic heterocycles. The van der Waals surface area contributed by atoms with Crippen molar-refractivity contribution in [2.45, 2.75) is 53.5 Å². The molecule has 0 saturated carbocycles. The standard InChI is InChI=1S/C21H33N5/c1-6-7-13-22-21(24-15-19-10-8-16(2)9-11-19)23-14-12-20-17(3)25-26(5)18(20)4/h8-11H,6-7,12-15H2,1-5H3,(H2,22,23,24). The van der Waals surface area contributed by atoms with Crippen molar-refractivity contribution in [1.82, 2.24) is 20.4 Å². The van der Waals surface area contributed by atoms with Crippen LogP contribution in [0.15, 0.2) is 29.3 Å². The third-order valence-corrected chi connectivity index (χ3v) is 4.69. The van der Waals surface area contributed by atoms with Crippen LogP contribution < -0.4 is 10.6 Å². The second kappa shape index (κ2) is 10.00. The highest BCUT2D eigenvalue weighted by atomic mass is 15.3. The maximum Gasteiger partial charge on any atom is 0.191 e. The third kappa shape index (κ3) is 5.90. The molecule has 0 atom stereocenters. The summed E-state index contributed by atoms with van der Waals surface area (Å²) in [4.78, 5) is 4.75. The summed E-state index contributed by atoms with van der Waals surface area (Å²) in [5, 5.41) is 11.4. The van der Waals surface area contributed by atoms with E-state index in [2.05, 4.69) is 67.7 Å². The predicted octanol–water partition coefficient (Wildman–Crippen LogP) is 3.42. The lowest BCUT2D eigenvalue weighted by atomic mass is 10.1. The first-order chi connectivity index (χ1) is 12.5. The molecule has 0 amide bonds. The van der Waals surface area contributed by atoms with Crippen molar-refractivity contribution in [3.63, 3.8) is 0 Å². The summed E-state index contributed by atoms with van der Waals surface area (Å²) in [7, 11) is 2.00. The van der Waals surface area contributed by atoms with E-state index in [0.29, 0.717) is 6.54 Å². The zero-order chi connectivity index (χ0) is 18.9. The van der Waals surface area contributed by atoms with Gasteiger partial charge in [0.15, 0.2) is 5.96 Å². The molecular weight excluding hydrogens is 322 g/mol. The largest absolute Gasteiger partial charge is 0.356 e. The summed E-state index contributed by atoms with van der Waals surface area (Å²) < 4.78 is 1.95. The summed E-state index contributed by atoms with van der Waals surface area (Å²) in [5.74, 6) is 0.887. The Hall–Kier alpha value is -2.30. The van der Waals surface area contributed by atoms with Gasteiger partial charge in [0.25, 0.3) is 0 Å². The van der Waals surface area contributed by atoms with Crippen LogP contribution in [0, 0.1) is 20.8 Å². The van der Waals surface area contributed by atoms with Gasteiger partial charge < -0.3 is 10.6 Å². The molecule has 2 rings (SSSR count). The predicted molar refractivity (Wildman–Crippen MR) is 110 cm³/mol. The molecule has 26 heavy (non-hydrogen) atoms.